The lowest BCUT2D eigenvalue weighted by atomic mass is 10.1. The quantitative estimate of drug-likeness (QED) is 0.267. The number of rotatable bonds is 14. The van der Waals surface area contributed by atoms with Crippen LogP contribution in [0.4, 0.5) is 4.79 Å². The summed E-state index contributed by atoms with van der Waals surface area (Å²) in [5, 5.41) is 0. The molecule has 0 heterocycles. The van der Waals surface area contributed by atoms with Crippen LogP contribution in [0.5, 0.6) is 0 Å². The molecule has 0 radical (unpaired) electrons. The highest BCUT2D eigenvalue weighted by Gasteiger charge is 2.19. The van der Waals surface area contributed by atoms with E-state index in [1.807, 2.05) is 0 Å². The van der Waals surface area contributed by atoms with Gasteiger partial charge in [0.15, 0.2) is 0 Å². The highest BCUT2D eigenvalue weighted by Crippen LogP contribution is 2.07. The summed E-state index contributed by atoms with van der Waals surface area (Å²) >= 11 is 0. The SMILES string of the molecule is C=CCOC(=O)N(C)CC(=O)N(C)CC(=O)OCCCCCCCCC. The molecule has 0 fully saturated rings. The van der Waals surface area contributed by atoms with E-state index in [9.17, 15) is 14.4 Å². The third-order valence-electron chi connectivity index (χ3n) is 3.81. The minimum absolute atomic E-state index is 0.0815. The van der Waals surface area contributed by atoms with Gasteiger partial charge in [-0.15, -0.1) is 0 Å². The zero-order valence-corrected chi connectivity index (χ0v) is 16.5. The van der Waals surface area contributed by atoms with E-state index in [0.29, 0.717) is 6.61 Å². The first-order valence-corrected chi connectivity index (χ1v) is 9.30. The first-order valence-electron chi connectivity index (χ1n) is 9.30. The number of unbranched alkanes of at least 4 members (excludes halogenated alkanes) is 6. The molecule has 0 saturated carbocycles. The van der Waals surface area contributed by atoms with Gasteiger partial charge in [0.2, 0.25) is 5.91 Å². The normalized spacial score (nSPS) is 10.1. The molecule has 26 heavy (non-hydrogen) atoms. The summed E-state index contributed by atoms with van der Waals surface area (Å²) in [5.41, 5.74) is 0. The Kier molecular flexibility index (Phi) is 14.0. The third-order valence-corrected chi connectivity index (χ3v) is 3.81. The Labute approximate surface area is 157 Å². The van der Waals surface area contributed by atoms with Crippen molar-refractivity contribution in [3.63, 3.8) is 0 Å². The zero-order chi connectivity index (χ0) is 19.8. The van der Waals surface area contributed by atoms with E-state index in [1.165, 1.54) is 50.8 Å². The van der Waals surface area contributed by atoms with E-state index in [4.69, 9.17) is 9.47 Å². The van der Waals surface area contributed by atoms with Gasteiger partial charge in [-0.1, -0.05) is 58.1 Å². The van der Waals surface area contributed by atoms with Crippen LogP contribution in [0.25, 0.3) is 0 Å². The van der Waals surface area contributed by atoms with Crippen molar-refractivity contribution in [1.29, 1.82) is 0 Å². The fraction of sp³-hybridized carbons (Fsp3) is 0.737. The second-order valence-corrected chi connectivity index (χ2v) is 6.31. The molecule has 0 aliphatic rings. The standard InChI is InChI=1S/C19H34N2O5/c1-5-7-8-9-10-11-12-14-25-18(23)16-20(3)17(22)15-21(4)19(24)26-13-6-2/h6H,2,5,7-16H2,1,3-4H3. The molecule has 0 unspecified atom stereocenters. The molecule has 150 valence electrons. The Balaban J connectivity index is 3.87. The van der Waals surface area contributed by atoms with E-state index < -0.39 is 12.1 Å². The summed E-state index contributed by atoms with van der Waals surface area (Å²) in [7, 11) is 2.95. The van der Waals surface area contributed by atoms with E-state index in [2.05, 4.69) is 13.5 Å². The number of hydrogen-bond acceptors (Lipinski definition) is 5. The van der Waals surface area contributed by atoms with E-state index in [-0.39, 0.29) is 25.6 Å². The number of likely N-dealkylation sites (N-methyl/N-ethyl adjacent to an activating group) is 2. The number of carbonyl (C=O) groups excluding carboxylic acids is 3. The molecule has 0 rings (SSSR count). The minimum atomic E-state index is -0.617. The topological polar surface area (TPSA) is 76.2 Å². The number of amides is 2. The lowest BCUT2D eigenvalue weighted by molar-refractivity contribution is -0.148. The van der Waals surface area contributed by atoms with Gasteiger partial charge in [-0.3, -0.25) is 9.59 Å². The van der Waals surface area contributed by atoms with Crippen LogP contribution < -0.4 is 0 Å². The fourth-order valence-corrected chi connectivity index (χ4v) is 2.20. The largest absolute Gasteiger partial charge is 0.464 e. The average molecular weight is 370 g/mol. The molecular weight excluding hydrogens is 336 g/mol. The molecule has 2 amide bonds. The van der Waals surface area contributed by atoms with Crippen molar-refractivity contribution in [3.05, 3.63) is 12.7 Å². The molecule has 0 saturated heterocycles. The summed E-state index contributed by atoms with van der Waals surface area (Å²) in [4.78, 5) is 37.7. The molecule has 0 aromatic carbocycles. The molecular formula is C19H34N2O5. The van der Waals surface area contributed by atoms with E-state index in [1.54, 1.807) is 0 Å². The van der Waals surface area contributed by atoms with Gasteiger partial charge in [-0.05, 0) is 6.42 Å². The first kappa shape index (κ1) is 23.9. The van der Waals surface area contributed by atoms with Crippen LogP contribution in [0, 0.1) is 0 Å². The number of ether oxygens (including phenoxy) is 2. The summed E-state index contributed by atoms with van der Waals surface area (Å²) in [6, 6.07) is 0. The lowest BCUT2D eigenvalue weighted by Gasteiger charge is -2.21. The Morgan fingerprint density at radius 2 is 1.50 bits per heavy atom. The maximum atomic E-state index is 12.0. The summed E-state index contributed by atoms with van der Waals surface area (Å²) in [5.74, 6) is -0.806. The van der Waals surface area contributed by atoms with Crippen molar-refractivity contribution >= 4 is 18.0 Å². The lowest BCUT2D eigenvalue weighted by Crippen LogP contribution is -2.41. The number of hydrogen-bond donors (Lipinski definition) is 0. The number of nitrogens with zero attached hydrogens (tertiary/aromatic N) is 2. The Hall–Kier alpha value is -2.05. The molecule has 0 atom stereocenters. The minimum Gasteiger partial charge on any atom is -0.464 e. The van der Waals surface area contributed by atoms with Crippen LogP contribution in [0.2, 0.25) is 0 Å². The molecule has 0 N–H and O–H groups in total. The van der Waals surface area contributed by atoms with Crippen molar-refractivity contribution in [2.24, 2.45) is 0 Å². The monoisotopic (exact) mass is 370 g/mol. The van der Waals surface area contributed by atoms with Gasteiger partial charge in [0.05, 0.1) is 6.61 Å². The molecule has 0 bridgehead atoms. The van der Waals surface area contributed by atoms with Gasteiger partial charge < -0.3 is 19.3 Å². The zero-order valence-electron chi connectivity index (χ0n) is 16.5. The van der Waals surface area contributed by atoms with Gasteiger partial charge in [0.1, 0.15) is 19.7 Å². The summed E-state index contributed by atoms with van der Waals surface area (Å²) in [6.07, 6.45) is 8.86. The maximum Gasteiger partial charge on any atom is 0.410 e. The predicted octanol–water partition coefficient (Wildman–Crippen LogP) is 2.99. The molecule has 0 aromatic heterocycles. The molecule has 0 spiro atoms. The van der Waals surface area contributed by atoms with E-state index >= 15 is 0 Å². The van der Waals surface area contributed by atoms with Crippen molar-refractivity contribution in [2.75, 3.05) is 40.4 Å². The highest BCUT2D eigenvalue weighted by atomic mass is 16.6. The van der Waals surface area contributed by atoms with Gasteiger partial charge in [0, 0.05) is 14.1 Å². The third kappa shape index (κ3) is 12.3. The smallest absolute Gasteiger partial charge is 0.410 e. The van der Waals surface area contributed by atoms with Gasteiger partial charge in [0.25, 0.3) is 0 Å². The second-order valence-electron chi connectivity index (χ2n) is 6.31. The van der Waals surface area contributed by atoms with Crippen LogP contribution in [0.1, 0.15) is 51.9 Å². The molecule has 0 aromatic rings. The Morgan fingerprint density at radius 3 is 2.12 bits per heavy atom. The summed E-state index contributed by atoms with van der Waals surface area (Å²) < 4.78 is 9.98. The predicted molar refractivity (Wildman–Crippen MR) is 101 cm³/mol. The number of carbonyl (C=O) groups is 3. The van der Waals surface area contributed by atoms with Crippen LogP contribution in [0.15, 0.2) is 12.7 Å². The van der Waals surface area contributed by atoms with Crippen LogP contribution in [-0.4, -0.2) is 68.2 Å². The fourth-order valence-electron chi connectivity index (χ4n) is 2.20. The molecule has 7 heteroatoms. The van der Waals surface area contributed by atoms with Crippen LogP contribution in [-0.2, 0) is 19.1 Å². The van der Waals surface area contributed by atoms with Crippen molar-refractivity contribution < 1.29 is 23.9 Å². The van der Waals surface area contributed by atoms with Crippen LogP contribution in [0.3, 0.4) is 0 Å². The average Bonchev–Trinajstić information content (AvgIpc) is 2.61. The van der Waals surface area contributed by atoms with Crippen molar-refractivity contribution in [3.8, 4) is 0 Å². The van der Waals surface area contributed by atoms with Crippen LogP contribution >= 0.6 is 0 Å². The first-order chi connectivity index (χ1) is 12.4. The van der Waals surface area contributed by atoms with Gasteiger partial charge >= 0.3 is 12.1 Å². The summed E-state index contributed by atoms with van der Waals surface area (Å²) in [6.45, 7) is 5.79. The van der Waals surface area contributed by atoms with Crippen molar-refractivity contribution in [2.45, 2.75) is 51.9 Å². The van der Waals surface area contributed by atoms with Crippen molar-refractivity contribution in [1.82, 2.24) is 9.80 Å². The van der Waals surface area contributed by atoms with Gasteiger partial charge in [-0.25, -0.2) is 4.79 Å². The van der Waals surface area contributed by atoms with Gasteiger partial charge in [-0.2, -0.15) is 0 Å². The highest BCUT2D eigenvalue weighted by molar-refractivity contribution is 5.85. The number of esters is 1. The Morgan fingerprint density at radius 1 is 0.885 bits per heavy atom. The Bertz CT molecular complexity index is 440. The molecule has 0 aliphatic heterocycles. The molecule has 0 aliphatic carbocycles. The maximum absolute atomic E-state index is 12.0. The second kappa shape index (κ2) is 15.2. The van der Waals surface area contributed by atoms with E-state index in [0.717, 1.165) is 24.2 Å². The molecule has 7 nitrogen and oxygen atoms in total.